The molecular formula is C12H14Cl2N4. The van der Waals surface area contributed by atoms with Gasteiger partial charge in [0.2, 0.25) is 0 Å². The van der Waals surface area contributed by atoms with Crippen LogP contribution in [-0.2, 0) is 6.54 Å². The average Bonchev–Trinajstić information content (AvgIpc) is 2.65. The molecule has 0 bridgehead atoms. The molecule has 4 nitrogen and oxygen atoms in total. The van der Waals surface area contributed by atoms with E-state index in [1.165, 1.54) is 0 Å². The summed E-state index contributed by atoms with van der Waals surface area (Å²) in [6.07, 6.45) is 0. The van der Waals surface area contributed by atoms with E-state index in [1.54, 1.807) is 16.8 Å². The summed E-state index contributed by atoms with van der Waals surface area (Å²) in [7, 11) is 0. The molecule has 0 unspecified atom stereocenters. The summed E-state index contributed by atoms with van der Waals surface area (Å²) in [4.78, 5) is 0. The summed E-state index contributed by atoms with van der Waals surface area (Å²) in [6.45, 7) is 4.55. The lowest BCUT2D eigenvalue weighted by Crippen LogP contribution is -2.09. The van der Waals surface area contributed by atoms with Crippen molar-refractivity contribution in [2.45, 2.75) is 26.3 Å². The van der Waals surface area contributed by atoms with E-state index >= 15 is 0 Å². The number of hydrogen-bond acceptors (Lipinski definition) is 3. The lowest BCUT2D eigenvalue weighted by molar-refractivity contribution is 0.598. The van der Waals surface area contributed by atoms with Crippen molar-refractivity contribution in [2.24, 2.45) is 0 Å². The number of nitrogens with zero attached hydrogens (tertiary/aromatic N) is 3. The van der Waals surface area contributed by atoms with E-state index in [2.05, 4.69) is 10.3 Å². The Balaban J connectivity index is 2.41. The van der Waals surface area contributed by atoms with Crippen LogP contribution in [-0.4, -0.2) is 15.0 Å². The van der Waals surface area contributed by atoms with Gasteiger partial charge < -0.3 is 5.73 Å². The van der Waals surface area contributed by atoms with Gasteiger partial charge in [-0.1, -0.05) is 48.3 Å². The molecule has 2 N–H and O–H groups in total. The van der Waals surface area contributed by atoms with Crippen molar-refractivity contribution in [3.05, 3.63) is 39.5 Å². The Bertz CT molecular complexity index is 543. The van der Waals surface area contributed by atoms with Gasteiger partial charge >= 0.3 is 0 Å². The minimum Gasteiger partial charge on any atom is -0.381 e. The largest absolute Gasteiger partial charge is 0.381 e. The molecule has 0 aliphatic heterocycles. The minimum absolute atomic E-state index is 0.237. The third-order valence-corrected chi connectivity index (χ3v) is 3.43. The van der Waals surface area contributed by atoms with Crippen molar-refractivity contribution in [2.75, 3.05) is 5.73 Å². The van der Waals surface area contributed by atoms with Crippen molar-refractivity contribution < 1.29 is 0 Å². The normalized spacial score (nSPS) is 11.2. The Morgan fingerprint density at radius 2 is 1.89 bits per heavy atom. The molecule has 0 aliphatic carbocycles. The van der Waals surface area contributed by atoms with Crippen LogP contribution in [0.3, 0.4) is 0 Å². The molecule has 0 saturated heterocycles. The minimum atomic E-state index is 0.237. The van der Waals surface area contributed by atoms with E-state index in [0.717, 1.165) is 11.3 Å². The second-order valence-corrected chi connectivity index (χ2v) is 5.19. The Morgan fingerprint density at radius 1 is 1.28 bits per heavy atom. The summed E-state index contributed by atoms with van der Waals surface area (Å²) in [5.41, 5.74) is 7.53. The van der Waals surface area contributed by atoms with Crippen LogP contribution in [0.4, 0.5) is 5.82 Å². The zero-order valence-corrected chi connectivity index (χ0v) is 11.7. The van der Waals surface area contributed by atoms with E-state index < -0.39 is 0 Å². The molecule has 0 amide bonds. The Kier molecular flexibility index (Phi) is 3.78. The van der Waals surface area contributed by atoms with Crippen LogP contribution >= 0.6 is 23.2 Å². The molecule has 1 aromatic heterocycles. The monoisotopic (exact) mass is 284 g/mol. The summed E-state index contributed by atoms with van der Waals surface area (Å²) < 4.78 is 1.74. The van der Waals surface area contributed by atoms with Crippen molar-refractivity contribution >= 4 is 29.0 Å². The zero-order valence-electron chi connectivity index (χ0n) is 10.2. The summed E-state index contributed by atoms with van der Waals surface area (Å²) >= 11 is 12.3. The van der Waals surface area contributed by atoms with Gasteiger partial charge in [-0.2, -0.15) is 0 Å². The molecule has 0 spiro atoms. The highest BCUT2D eigenvalue weighted by Crippen LogP contribution is 2.27. The van der Waals surface area contributed by atoms with Crippen molar-refractivity contribution in [1.82, 2.24) is 15.0 Å². The lowest BCUT2D eigenvalue weighted by Gasteiger charge is -2.11. The molecule has 0 aliphatic rings. The van der Waals surface area contributed by atoms with Gasteiger partial charge in [0.15, 0.2) is 5.82 Å². The summed E-state index contributed by atoms with van der Waals surface area (Å²) in [5, 5.41) is 9.17. The van der Waals surface area contributed by atoms with Gasteiger partial charge in [0.05, 0.1) is 12.2 Å². The smallest absolute Gasteiger partial charge is 0.169 e. The maximum absolute atomic E-state index is 6.14. The Morgan fingerprint density at radius 3 is 2.44 bits per heavy atom. The fourth-order valence-corrected chi connectivity index (χ4v) is 2.39. The highest BCUT2D eigenvalue weighted by atomic mass is 35.5. The molecule has 2 rings (SSSR count). The maximum atomic E-state index is 6.14. The molecule has 0 radical (unpaired) electrons. The predicted octanol–water partition coefficient (Wildman–Crippen LogP) is 3.34. The van der Waals surface area contributed by atoms with E-state index in [1.807, 2.05) is 19.9 Å². The van der Waals surface area contributed by atoms with E-state index in [-0.39, 0.29) is 5.92 Å². The maximum Gasteiger partial charge on any atom is 0.169 e. The second kappa shape index (κ2) is 5.16. The number of aromatic nitrogens is 3. The van der Waals surface area contributed by atoms with Gasteiger partial charge in [-0.3, -0.25) is 0 Å². The number of hydrogen-bond donors (Lipinski definition) is 1. The molecule has 6 heteroatoms. The van der Waals surface area contributed by atoms with Gasteiger partial charge in [0, 0.05) is 15.6 Å². The van der Waals surface area contributed by atoms with Crippen molar-refractivity contribution in [3.63, 3.8) is 0 Å². The Hall–Kier alpha value is -1.26. The van der Waals surface area contributed by atoms with Gasteiger partial charge in [-0.25, -0.2) is 4.68 Å². The van der Waals surface area contributed by atoms with E-state index in [4.69, 9.17) is 28.9 Å². The van der Waals surface area contributed by atoms with E-state index in [9.17, 15) is 0 Å². The first-order chi connectivity index (χ1) is 8.50. The number of rotatable bonds is 3. The Labute approximate surface area is 116 Å². The third-order valence-electron chi connectivity index (χ3n) is 2.72. The van der Waals surface area contributed by atoms with Crippen LogP contribution < -0.4 is 5.73 Å². The fourth-order valence-electron chi connectivity index (χ4n) is 1.88. The van der Waals surface area contributed by atoms with Crippen LogP contribution in [0.5, 0.6) is 0 Å². The average molecular weight is 285 g/mol. The first kappa shape index (κ1) is 13.2. The molecule has 0 fully saturated rings. The van der Waals surface area contributed by atoms with Gasteiger partial charge in [0.25, 0.3) is 0 Å². The van der Waals surface area contributed by atoms with Gasteiger partial charge in [0.1, 0.15) is 0 Å². The SMILES string of the molecule is CC(C)c1c(N)nnn1Cc1c(Cl)cccc1Cl. The number of anilines is 1. The molecule has 0 atom stereocenters. The molecular weight excluding hydrogens is 271 g/mol. The van der Waals surface area contributed by atoms with Gasteiger partial charge in [-0.05, 0) is 18.1 Å². The number of nitrogen functional groups attached to an aromatic ring is 1. The van der Waals surface area contributed by atoms with E-state index in [0.29, 0.717) is 22.4 Å². The van der Waals surface area contributed by atoms with Crippen LogP contribution in [0.1, 0.15) is 31.0 Å². The first-order valence-electron chi connectivity index (χ1n) is 5.62. The first-order valence-corrected chi connectivity index (χ1v) is 6.38. The quantitative estimate of drug-likeness (QED) is 0.941. The zero-order chi connectivity index (χ0) is 13.3. The van der Waals surface area contributed by atoms with Crippen LogP contribution in [0.2, 0.25) is 10.0 Å². The van der Waals surface area contributed by atoms with Crippen LogP contribution in [0.15, 0.2) is 18.2 Å². The predicted molar refractivity (Wildman–Crippen MR) is 74.1 cm³/mol. The van der Waals surface area contributed by atoms with Crippen molar-refractivity contribution in [3.8, 4) is 0 Å². The van der Waals surface area contributed by atoms with Crippen molar-refractivity contribution in [1.29, 1.82) is 0 Å². The molecule has 18 heavy (non-hydrogen) atoms. The highest BCUT2D eigenvalue weighted by Gasteiger charge is 2.16. The fraction of sp³-hybridized carbons (Fsp3) is 0.333. The van der Waals surface area contributed by atoms with Crippen LogP contribution in [0, 0.1) is 0 Å². The third kappa shape index (κ3) is 2.44. The molecule has 1 heterocycles. The molecule has 96 valence electrons. The molecule has 2 aromatic rings. The molecule has 0 saturated carbocycles. The summed E-state index contributed by atoms with van der Waals surface area (Å²) in [5.74, 6) is 0.689. The lowest BCUT2D eigenvalue weighted by atomic mass is 10.1. The van der Waals surface area contributed by atoms with Gasteiger partial charge in [-0.15, -0.1) is 5.10 Å². The molecule has 1 aromatic carbocycles. The summed E-state index contributed by atoms with van der Waals surface area (Å²) in [6, 6.07) is 5.42. The highest BCUT2D eigenvalue weighted by molar-refractivity contribution is 6.35. The topological polar surface area (TPSA) is 56.7 Å². The number of halogens is 2. The number of nitrogens with two attached hydrogens (primary N) is 1. The second-order valence-electron chi connectivity index (χ2n) is 4.37. The number of benzene rings is 1. The standard InChI is InChI=1S/C12H14Cl2N4/c1-7(2)11-12(15)16-17-18(11)6-8-9(13)4-3-5-10(8)14/h3-5,7H,6,15H2,1-2H3. The van der Waals surface area contributed by atoms with Crippen LogP contribution in [0.25, 0.3) is 0 Å².